The zero-order valence-corrected chi connectivity index (χ0v) is 12.6. The average molecular weight is 283 g/mol. The van der Waals surface area contributed by atoms with E-state index < -0.39 is 0 Å². The molecule has 0 aliphatic carbocycles. The summed E-state index contributed by atoms with van der Waals surface area (Å²) < 4.78 is 0. The Hall–Kier alpha value is -2.17. The second kappa shape index (κ2) is 6.08. The molecule has 5 nitrogen and oxygen atoms in total. The van der Waals surface area contributed by atoms with E-state index in [0.717, 1.165) is 30.5 Å². The first-order chi connectivity index (χ1) is 10.2. The number of benzene rings is 1. The zero-order chi connectivity index (χ0) is 14.7. The van der Waals surface area contributed by atoms with Crippen LogP contribution in [0.15, 0.2) is 36.5 Å². The lowest BCUT2D eigenvalue weighted by Gasteiger charge is -2.31. The van der Waals surface area contributed by atoms with E-state index in [-0.39, 0.29) is 0 Å². The Labute approximate surface area is 125 Å². The Kier molecular flexibility index (Phi) is 3.99. The van der Waals surface area contributed by atoms with E-state index in [1.165, 1.54) is 12.8 Å². The molecule has 21 heavy (non-hydrogen) atoms. The molecule has 1 saturated heterocycles. The molecule has 0 bridgehead atoms. The highest BCUT2D eigenvalue weighted by molar-refractivity contribution is 5.58. The Morgan fingerprint density at radius 2 is 2.05 bits per heavy atom. The van der Waals surface area contributed by atoms with Crippen LogP contribution >= 0.6 is 0 Å². The average Bonchev–Trinajstić information content (AvgIpc) is 2.55. The molecule has 0 radical (unpaired) electrons. The summed E-state index contributed by atoms with van der Waals surface area (Å²) in [6.45, 7) is 4.31. The molecule has 1 fully saturated rings. The number of hydrogen-bond donors (Lipinski definition) is 0. The fraction of sp³-hybridized carbons (Fsp3) is 0.438. The maximum Gasteiger partial charge on any atom is 0.247 e. The summed E-state index contributed by atoms with van der Waals surface area (Å²) in [7, 11) is 2.00. The maximum absolute atomic E-state index is 4.69. The Morgan fingerprint density at radius 1 is 1.24 bits per heavy atom. The smallest absolute Gasteiger partial charge is 0.247 e. The van der Waals surface area contributed by atoms with Crippen molar-refractivity contribution in [2.24, 2.45) is 5.92 Å². The topological polar surface area (TPSA) is 45.2 Å². The SMILES string of the molecule is CC1CCCN(c2nncc(N(C)c3ccccc3)n2)C1. The van der Waals surface area contributed by atoms with Crippen LogP contribution in [0.25, 0.3) is 0 Å². The van der Waals surface area contributed by atoms with Crippen molar-refractivity contribution in [3.05, 3.63) is 36.5 Å². The van der Waals surface area contributed by atoms with Crippen molar-refractivity contribution in [3.63, 3.8) is 0 Å². The second-order valence-corrected chi connectivity index (χ2v) is 5.70. The van der Waals surface area contributed by atoms with Crippen molar-refractivity contribution < 1.29 is 0 Å². The van der Waals surface area contributed by atoms with E-state index in [4.69, 9.17) is 0 Å². The molecule has 0 N–H and O–H groups in total. The second-order valence-electron chi connectivity index (χ2n) is 5.70. The van der Waals surface area contributed by atoms with Gasteiger partial charge in [-0.1, -0.05) is 25.1 Å². The van der Waals surface area contributed by atoms with Crippen LogP contribution in [0, 0.1) is 5.92 Å². The Balaban J connectivity index is 1.83. The molecule has 1 aliphatic heterocycles. The predicted molar refractivity (Wildman–Crippen MR) is 84.9 cm³/mol. The summed E-state index contributed by atoms with van der Waals surface area (Å²) in [5.41, 5.74) is 1.09. The van der Waals surface area contributed by atoms with E-state index in [1.54, 1.807) is 6.20 Å². The summed E-state index contributed by atoms with van der Waals surface area (Å²) >= 11 is 0. The normalized spacial score (nSPS) is 18.6. The maximum atomic E-state index is 4.69. The summed E-state index contributed by atoms with van der Waals surface area (Å²) in [6.07, 6.45) is 4.20. The van der Waals surface area contributed by atoms with E-state index in [9.17, 15) is 0 Å². The van der Waals surface area contributed by atoms with Gasteiger partial charge in [-0.15, -0.1) is 5.10 Å². The van der Waals surface area contributed by atoms with Crippen LogP contribution in [0.2, 0.25) is 0 Å². The monoisotopic (exact) mass is 283 g/mol. The lowest BCUT2D eigenvalue weighted by molar-refractivity contribution is 0.441. The van der Waals surface area contributed by atoms with Gasteiger partial charge >= 0.3 is 0 Å². The van der Waals surface area contributed by atoms with E-state index >= 15 is 0 Å². The molecule has 1 aliphatic rings. The summed E-state index contributed by atoms with van der Waals surface area (Å²) in [4.78, 5) is 8.96. The number of rotatable bonds is 3. The molecule has 0 amide bonds. The lowest BCUT2D eigenvalue weighted by atomic mass is 10.0. The van der Waals surface area contributed by atoms with Gasteiger partial charge in [0.05, 0.1) is 6.20 Å². The highest BCUT2D eigenvalue weighted by Crippen LogP contribution is 2.24. The van der Waals surface area contributed by atoms with E-state index in [0.29, 0.717) is 5.92 Å². The van der Waals surface area contributed by atoms with E-state index in [1.807, 2.05) is 30.1 Å². The number of aromatic nitrogens is 3. The molecule has 0 spiro atoms. The standard InChI is InChI=1S/C16H21N5/c1-13-7-6-10-21(12-13)16-18-15(11-17-19-16)20(2)14-8-4-3-5-9-14/h3-5,8-9,11,13H,6-7,10,12H2,1-2H3. The van der Waals surface area contributed by atoms with Gasteiger partial charge in [-0.2, -0.15) is 10.1 Å². The third kappa shape index (κ3) is 3.12. The number of piperidine rings is 1. The van der Waals surface area contributed by atoms with E-state index in [2.05, 4.69) is 39.1 Å². The van der Waals surface area contributed by atoms with Crippen molar-refractivity contribution in [3.8, 4) is 0 Å². The minimum atomic E-state index is 0.692. The Morgan fingerprint density at radius 3 is 2.81 bits per heavy atom. The van der Waals surface area contributed by atoms with Gasteiger partial charge in [0.1, 0.15) is 0 Å². The van der Waals surface area contributed by atoms with Gasteiger partial charge in [0.2, 0.25) is 5.95 Å². The summed E-state index contributed by atoms with van der Waals surface area (Å²) in [5, 5.41) is 8.35. The molecule has 2 aromatic rings. The quantitative estimate of drug-likeness (QED) is 0.866. The van der Waals surface area contributed by atoms with Crippen LogP contribution in [-0.4, -0.2) is 35.3 Å². The van der Waals surface area contributed by atoms with Gasteiger partial charge in [0, 0.05) is 25.8 Å². The van der Waals surface area contributed by atoms with Crippen LogP contribution in [-0.2, 0) is 0 Å². The molecule has 1 aromatic heterocycles. The predicted octanol–water partition coefficient (Wildman–Crippen LogP) is 2.88. The van der Waals surface area contributed by atoms with Crippen LogP contribution < -0.4 is 9.80 Å². The van der Waals surface area contributed by atoms with Crippen molar-refractivity contribution >= 4 is 17.5 Å². The van der Waals surface area contributed by atoms with Crippen molar-refractivity contribution in [1.29, 1.82) is 0 Å². The molecular formula is C16H21N5. The highest BCUT2D eigenvalue weighted by atomic mass is 15.3. The van der Waals surface area contributed by atoms with Gasteiger partial charge < -0.3 is 9.80 Å². The van der Waals surface area contributed by atoms with Gasteiger partial charge in [-0.05, 0) is 30.9 Å². The van der Waals surface area contributed by atoms with Crippen molar-refractivity contribution in [2.75, 3.05) is 29.9 Å². The highest BCUT2D eigenvalue weighted by Gasteiger charge is 2.19. The molecule has 3 rings (SSSR count). The molecule has 0 saturated carbocycles. The molecule has 1 atom stereocenters. The summed E-state index contributed by atoms with van der Waals surface area (Å²) in [5.74, 6) is 2.25. The van der Waals surface area contributed by atoms with Crippen molar-refractivity contribution in [1.82, 2.24) is 15.2 Å². The van der Waals surface area contributed by atoms with Crippen LogP contribution in [0.5, 0.6) is 0 Å². The number of hydrogen-bond acceptors (Lipinski definition) is 5. The Bertz CT molecular complexity index is 586. The van der Waals surface area contributed by atoms with Crippen LogP contribution in [0.3, 0.4) is 0 Å². The van der Waals surface area contributed by atoms with Crippen LogP contribution in [0.4, 0.5) is 17.5 Å². The minimum absolute atomic E-state index is 0.692. The van der Waals surface area contributed by atoms with Gasteiger partial charge in [0.15, 0.2) is 5.82 Å². The third-order valence-corrected chi connectivity index (χ3v) is 3.96. The number of para-hydroxylation sites is 1. The molecule has 1 aromatic carbocycles. The van der Waals surface area contributed by atoms with Gasteiger partial charge in [-0.3, -0.25) is 0 Å². The van der Waals surface area contributed by atoms with Crippen molar-refractivity contribution in [2.45, 2.75) is 19.8 Å². The molecule has 5 heteroatoms. The fourth-order valence-corrected chi connectivity index (χ4v) is 2.74. The lowest BCUT2D eigenvalue weighted by Crippen LogP contribution is -2.35. The first kappa shape index (κ1) is 13.8. The molecule has 110 valence electrons. The minimum Gasteiger partial charge on any atom is -0.339 e. The van der Waals surface area contributed by atoms with Gasteiger partial charge in [0.25, 0.3) is 0 Å². The zero-order valence-electron chi connectivity index (χ0n) is 12.6. The molecule has 1 unspecified atom stereocenters. The first-order valence-corrected chi connectivity index (χ1v) is 7.47. The number of nitrogens with zero attached hydrogens (tertiary/aromatic N) is 5. The van der Waals surface area contributed by atoms with Crippen LogP contribution in [0.1, 0.15) is 19.8 Å². The number of anilines is 3. The molecular weight excluding hydrogens is 262 g/mol. The fourth-order valence-electron chi connectivity index (χ4n) is 2.74. The molecule has 2 heterocycles. The summed E-state index contributed by atoms with van der Waals surface area (Å²) in [6, 6.07) is 10.2. The third-order valence-electron chi connectivity index (χ3n) is 3.96. The first-order valence-electron chi connectivity index (χ1n) is 7.47. The van der Waals surface area contributed by atoms with Gasteiger partial charge in [-0.25, -0.2) is 0 Å². The largest absolute Gasteiger partial charge is 0.339 e.